The second-order valence-corrected chi connectivity index (χ2v) is 9.84. The lowest BCUT2D eigenvalue weighted by Crippen LogP contribution is -2.68. The van der Waals surface area contributed by atoms with Gasteiger partial charge in [-0.25, -0.2) is 0 Å². The first-order chi connectivity index (χ1) is 20.5. The van der Waals surface area contributed by atoms with Crippen LogP contribution in [0.3, 0.4) is 0 Å². The number of nitrogens with one attached hydrogen (secondary N) is 1. The number of aliphatic hydroxyl groups is 1. The fraction of sp³-hybridized carbons (Fsp3) is 0.731. The summed E-state index contributed by atoms with van der Waals surface area (Å²) < 4.78 is 49.2. The van der Waals surface area contributed by atoms with Gasteiger partial charge in [0.2, 0.25) is 5.91 Å². The molecule has 2 saturated heterocycles. The smallest absolute Gasteiger partial charge is 0.303 e. The Morgan fingerprint density at radius 1 is 0.568 bits per heavy atom. The first kappa shape index (κ1) is 36.3. The summed E-state index contributed by atoms with van der Waals surface area (Å²) in [5.41, 5.74) is 0. The monoisotopic (exact) mass is 635 g/mol. The van der Waals surface area contributed by atoms with E-state index in [1.807, 2.05) is 0 Å². The van der Waals surface area contributed by atoms with Crippen LogP contribution in [-0.4, -0.2) is 121 Å². The lowest BCUT2D eigenvalue weighted by molar-refractivity contribution is -0.347. The van der Waals surface area contributed by atoms with Crippen LogP contribution >= 0.6 is 0 Å². The molecular formula is C26H37NO17. The van der Waals surface area contributed by atoms with Gasteiger partial charge in [0.05, 0.1) is 0 Å². The standard InChI is InChI=1S/C26H37NO17/c1-10(28)27-19-22(39-14(5)32)20(17(42-25(19)35)8-36-11(2)29)44-26-24(41-16(7)34)23(40-15(6)33)21(38-13(4)31)18(43-26)9-37-12(3)30/h17-26,35H,8-9H2,1-7H3,(H,27,28)/t17?,18?,19?,20-,21-,22-,23+,24?,25?,26+/m1/s1. The SMILES string of the molecule is CC(=O)NC1C(O)OC(COC(C)=O)[C@@H](O[C@@H]2OC(COC(C)=O)[C@@H](OC(C)=O)[C@H](OC(C)=O)C2OC(C)=O)[C@@H]1OC(C)=O. The van der Waals surface area contributed by atoms with E-state index < -0.39 is 116 Å². The summed E-state index contributed by atoms with van der Waals surface area (Å²) in [4.78, 5) is 83.6. The van der Waals surface area contributed by atoms with E-state index in [-0.39, 0.29) is 0 Å². The van der Waals surface area contributed by atoms with Gasteiger partial charge in [0.15, 0.2) is 37.0 Å². The van der Waals surface area contributed by atoms with E-state index in [0.29, 0.717) is 0 Å². The van der Waals surface area contributed by atoms with E-state index in [9.17, 15) is 38.7 Å². The van der Waals surface area contributed by atoms with Gasteiger partial charge in [-0.3, -0.25) is 33.6 Å². The summed E-state index contributed by atoms with van der Waals surface area (Å²) >= 11 is 0. The number of hydrogen-bond acceptors (Lipinski definition) is 17. The van der Waals surface area contributed by atoms with Crippen molar-refractivity contribution >= 4 is 41.7 Å². The highest BCUT2D eigenvalue weighted by atomic mass is 16.8. The molecule has 2 heterocycles. The van der Waals surface area contributed by atoms with Gasteiger partial charge in [0, 0.05) is 48.5 Å². The summed E-state index contributed by atoms with van der Waals surface area (Å²) in [6.07, 6.45) is -14.2. The largest absolute Gasteiger partial charge is 0.463 e. The molecule has 0 aromatic rings. The van der Waals surface area contributed by atoms with Gasteiger partial charge in [0.1, 0.15) is 37.6 Å². The van der Waals surface area contributed by atoms with Gasteiger partial charge in [-0.2, -0.15) is 0 Å². The summed E-state index contributed by atoms with van der Waals surface area (Å²) in [5.74, 6) is -5.68. The Hall–Kier alpha value is -3.87. The quantitative estimate of drug-likeness (QED) is 0.188. The van der Waals surface area contributed by atoms with Gasteiger partial charge in [0.25, 0.3) is 0 Å². The third-order valence-corrected chi connectivity index (χ3v) is 6.03. The minimum Gasteiger partial charge on any atom is -0.463 e. The minimum absolute atomic E-state index is 0.559. The Kier molecular flexibility index (Phi) is 13.4. The molecule has 1 amide bonds. The number of carbonyl (C=O) groups excluding carboxylic acids is 7. The van der Waals surface area contributed by atoms with Crippen molar-refractivity contribution < 1.29 is 81.3 Å². The Balaban J connectivity index is 2.66. The third kappa shape index (κ3) is 10.7. The van der Waals surface area contributed by atoms with Crippen molar-refractivity contribution in [3.8, 4) is 0 Å². The van der Waals surface area contributed by atoms with Crippen LogP contribution in [0.1, 0.15) is 48.5 Å². The predicted molar refractivity (Wildman–Crippen MR) is 138 cm³/mol. The first-order valence-corrected chi connectivity index (χ1v) is 13.4. The van der Waals surface area contributed by atoms with Gasteiger partial charge in [-0.1, -0.05) is 0 Å². The molecule has 2 aliphatic rings. The molecule has 18 nitrogen and oxygen atoms in total. The Morgan fingerprint density at radius 3 is 1.45 bits per heavy atom. The summed E-state index contributed by atoms with van der Waals surface area (Å²) in [6.45, 7) is 6.33. The number of rotatable bonds is 11. The molecule has 0 aromatic carbocycles. The highest BCUT2D eigenvalue weighted by Gasteiger charge is 2.56. The van der Waals surface area contributed by atoms with E-state index in [4.69, 9.17) is 42.6 Å². The molecule has 2 aliphatic heterocycles. The summed E-state index contributed by atoms with van der Waals surface area (Å²) in [6, 6.07) is -1.43. The van der Waals surface area contributed by atoms with Crippen molar-refractivity contribution in [1.29, 1.82) is 0 Å². The molecule has 0 bridgehead atoms. The molecule has 10 atom stereocenters. The first-order valence-electron chi connectivity index (χ1n) is 13.4. The van der Waals surface area contributed by atoms with Crippen LogP contribution in [0.25, 0.3) is 0 Å². The van der Waals surface area contributed by atoms with E-state index in [1.165, 1.54) is 0 Å². The maximum atomic E-state index is 12.2. The van der Waals surface area contributed by atoms with Gasteiger partial charge in [-0.15, -0.1) is 0 Å². The highest BCUT2D eigenvalue weighted by molar-refractivity contribution is 5.73. The van der Waals surface area contributed by atoms with E-state index in [0.717, 1.165) is 48.5 Å². The lowest BCUT2D eigenvalue weighted by atomic mass is 9.95. The highest BCUT2D eigenvalue weighted by Crippen LogP contribution is 2.34. The van der Waals surface area contributed by atoms with Gasteiger partial charge in [-0.05, 0) is 0 Å². The molecule has 18 heteroatoms. The molecule has 2 rings (SSSR count). The second-order valence-electron chi connectivity index (χ2n) is 9.84. The van der Waals surface area contributed by atoms with E-state index in [2.05, 4.69) is 5.32 Å². The van der Waals surface area contributed by atoms with Crippen LogP contribution in [0.4, 0.5) is 0 Å². The second kappa shape index (κ2) is 16.3. The number of carbonyl (C=O) groups is 7. The molecule has 0 radical (unpaired) electrons. The molecule has 248 valence electrons. The average molecular weight is 636 g/mol. The third-order valence-electron chi connectivity index (χ3n) is 6.03. The van der Waals surface area contributed by atoms with Crippen LogP contribution in [0.2, 0.25) is 0 Å². The number of hydrogen-bond donors (Lipinski definition) is 2. The molecule has 0 aromatic heterocycles. The molecule has 44 heavy (non-hydrogen) atoms. The molecule has 0 spiro atoms. The van der Waals surface area contributed by atoms with Crippen molar-refractivity contribution in [2.24, 2.45) is 0 Å². The minimum atomic E-state index is -1.79. The number of amides is 1. The van der Waals surface area contributed by atoms with E-state index in [1.54, 1.807) is 0 Å². The van der Waals surface area contributed by atoms with Crippen molar-refractivity contribution in [1.82, 2.24) is 5.32 Å². The normalized spacial score (nSPS) is 31.5. The molecule has 0 saturated carbocycles. The van der Waals surface area contributed by atoms with Crippen LogP contribution in [0.15, 0.2) is 0 Å². The fourth-order valence-electron chi connectivity index (χ4n) is 4.59. The van der Waals surface area contributed by atoms with Crippen LogP contribution < -0.4 is 5.32 Å². The predicted octanol–water partition coefficient (Wildman–Crippen LogP) is -1.83. The van der Waals surface area contributed by atoms with Crippen LogP contribution in [-0.2, 0) is 76.2 Å². The van der Waals surface area contributed by atoms with Crippen molar-refractivity contribution in [3.63, 3.8) is 0 Å². The number of esters is 6. The zero-order chi connectivity index (χ0) is 33.3. The van der Waals surface area contributed by atoms with Crippen LogP contribution in [0, 0.1) is 0 Å². The lowest BCUT2D eigenvalue weighted by Gasteiger charge is -2.48. The summed E-state index contributed by atoms with van der Waals surface area (Å²) in [5, 5.41) is 13.1. The summed E-state index contributed by atoms with van der Waals surface area (Å²) in [7, 11) is 0. The van der Waals surface area contributed by atoms with Crippen molar-refractivity contribution in [3.05, 3.63) is 0 Å². The maximum Gasteiger partial charge on any atom is 0.303 e. The zero-order valence-corrected chi connectivity index (χ0v) is 25.2. The molecule has 2 fully saturated rings. The number of ether oxygens (including phenoxy) is 9. The zero-order valence-electron chi connectivity index (χ0n) is 25.2. The topological polar surface area (TPSA) is 235 Å². The average Bonchev–Trinajstić information content (AvgIpc) is 2.87. The van der Waals surface area contributed by atoms with Crippen molar-refractivity contribution in [2.75, 3.05) is 13.2 Å². The Bertz CT molecular complexity index is 1090. The molecule has 0 aliphatic carbocycles. The van der Waals surface area contributed by atoms with E-state index >= 15 is 0 Å². The van der Waals surface area contributed by atoms with Gasteiger partial charge < -0.3 is 53.1 Å². The Morgan fingerprint density at radius 2 is 1.00 bits per heavy atom. The van der Waals surface area contributed by atoms with Crippen molar-refractivity contribution in [2.45, 2.75) is 110 Å². The maximum absolute atomic E-state index is 12.2. The van der Waals surface area contributed by atoms with Crippen LogP contribution in [0.5, 0.6) is 0 Å². The molecular weight excluding hydrogens is 598 g/mol. The molecule has 5 unspecified atom stereocenters. The van der Waals surface area contributed by atoms with Gasteiger partial charge >= 0.3 is 35.8 Å². The number of aliphatic hydroxyl groups excluding tert-OH is 1. The fourth-order valence-corrected chi connectivity index (χ4v) is 4.59. The Labute approximate surface area is 251 Å². The molecule has 2 N–H and O–H groups in total.